The lowest BCUT2D eigenvalue weighted by Crippen LogP contribution is -1.91. The average molecular weight is 317 g/mol. The number of nitriles is 1. The molecule has 0 spiro atoms. The molecule has 116 valence electrons. The number of allylic oxidation sites excluding steroid dienone is 1. The van der Waals surface area contributed by atoms with Crippen LogP contribution in [0.4, 0.5) is 4.39 Å². The van der Waals surface area contributed by atoms with E-state index in [9.17, 15) is 9.65 Å². The lowest BCUT2D eigenvalue weighted by Gasteiger charge is -2.05. The lowest BCUT2D eigenvalue weighted by atomic mass is 10.0. The number of halogens is 1. The third kappa shape index (κ3) is 3.62. The van der Waals surface area contributed by atoms with Crippen molar-refractivity contribution in [1.82, 2.24) is 9.97 Å². The first-order valence-electron chi connectivity index (χ1n) is 7.18. The zero-order valence-corrected chi connectivity index (χ0v) is 12.6. The Morgan fingerprint density at radius 1 is 1.04 bits per heavy atom. The Labute approximate surface area is 138 Å². The minimum Gasteiger partial charge on any atom is -0.424 e. The SMILES string of the molecule is N#CC(=Cc1cccc(Oc2ncccn2)c1)c1ccccc1F. The van der Waals surface area contributed by atoms with Crippen LogP contribution in [-0.2, 0) is 0 Å². The van der Waals surface area contributed by atoms with Crippen LogP contribution in [0, 0.1) is 17.1 Å². The van der Waals surface area contributed by atoms with Crippen LogP contribution >= 0.6 is 0 Å². The van der Waals surface area contributed by atoms with Crippen molar-refractivity contribution in [2.75, 3.05) is 0 Å². The van der Waals surface area contributed by atoms with Gasteiger partial charge in [-0.25, -0.2) is 14.4 Å². The molecule has 2 aromatic carbocycles. The average Bonchev–Trinajstić information content (AvgIpc) is 2.62. The first kappa shape index (κ1) is 15.4. The summed E-state index contributed by atoms with van der Waals surface area (Å²) in [5.41, 5.74) is 1.21. The van der Waals surface area contributed by atoms with Crippen molar-refractivity contribution in [1.29, 1.82) is 5.26 Å². The molecule has 0 aliphatic heterocycles. The quantitative estimate of drug-likeness (QED) is 0.526. The molecule has 0 atom stereocenters. The van der Waals surface area contributed by atoms with Crippen LogP contribution in [0.2, 0.25) is 0 Å². The molecule has 0 saturated carbocycles. The maximum atomic E-state index is 13.9. The molecule has 0 fully saturated rings. The van der Waals surface area contributed by atoms with Gasteiger partial charge >= 0.3 is 6.01 Å². The molecule has 5 heteroatoms. The highest BCUT2D eigenvalue weighted by Crippen LogP contribution is 2.24. The van der Waals surface area contributed by atoms with E-state index in [2.05, 4.69) is 9.97 Å². The molecule has 3 aromatic rings. The zero-order valence-electron chi connectivity index (χ0n) is 12.6. The minimum absolute atomic E-state index is 0.230. The maximum Gasteiger partial charge on any atom is 0.321 e. The summed E-state index contributed by atoms with van der Waals surface area (Å²) in [5, 5.41) is 9.33. The summed E-state index contributed by atoms with van der Waals surface area (Å²) in [5.74, 6) is 0.0937. The van der Waals surface area contributed by atoms with Crippen LogP contribution < -0.4 is 4.74 Å². The van der Waals surface area contributed by atoms with Gasteiger partial charge in [0.1, 0.15) is 11.6 Å². The normalized spacial score (nSPS) is 10.9. The standard InChI is InChI=1S/C19H12FN3O/c20-18-8-2-1-7-17(18)15(13-21)11-14-5-3-6-16(12-14)24-19-22-9-4-10-23-19/h1-12H. The van der Waals surface area contributed by atoms with Gasteiger partial charge < -0.3 is 4.74 Å². The van der Waals surface area contributed by atoms with Gasteiger partial charge in [-0.05, 0) is 35.9 Å². The molecule has 0 amide bonds. The third-order valence-electron chi connectivity index (χ3n) is 3.20. The van der Waals surface area contributed by atoms with Crippen LogP contribution in [0.5, 0.6) is 11.8 Å². The van der Waals surface area contributed by atoms with Gasteiger partial charge in [-0.2, -0.15) is 5.26 Å². The molecule has 4 nitrogen and oxygen atoms in total. The second-order valence-electron chi connectivity index (χ2n) is 4.86. The van der Waals surface area contributed by atoms with E-state index in [4.69, 9.17) is 4.74 Å². The van der Waals surface area contributed by atoms with E-state index in [1.807, 2.05) is 6.07 Å². The van der Waals surface area contributed by atoms with Gasteiger partial charge in [0.15, 0.2) is 0 Å². The zero-order chi connectivity index (χ0) is 16.8. The van der Waals surface area contributed by atoms with Crippen LogP contribution in [-0.4, -0.2) is 9.97 Å². The van der Waals surface area contributed by atoms with Gasteiger partial charge in [0.2, 0.25) is 0 Å². The van der Waals surface area contributed by atoms with Gasteiger partial charge in [0.05, 0.1) is 11.6 Å². The molecule has 0 saturated heterocycles. The summed E-state index contributed by atoms with van der Waals surface area (Å²) in [6.45, 7) is 0. The first-order chi connectivity index (χ1) is 11.8. The molecular weight excluding hydrogens is 305 g/mol. The van der Waals surface area contributed by atoms with Crippen molar-refractivity contribution >= 4 is 11.6 Å². The van der Waals surface area contributed by atoms with Gasteiger partial charge in [-0.3, -0.25) is 0 Å². The van der Waals surface area contributed by atoms with Crippen LogP contribution in [0.25, 0.3) is 11.6 Å². The predicted octanol–water partition coefficient (Wildman–Crippen LogP) is 4.47. The van der Waals surface area contributed by atoms with Crippen molar-refractivity contribution < 1.29 is 9.13 Å². The predicted molar refractivity (Wildman–Crippen MR) is 88.4 cm³/mol. The molecule has 1 aromatic heterocycles. The smallest absolute Gasteiger partial charge is 0.321 e. The summed E-state index contributed by atoms with van der Waals surface area (Å²) in [7, 11) is 0. The Kier molecular flexibility index (Phi) is 4.59. The Morgan fingerprint density at radius 3 is 2.58 bits per heavy atom. The van der Waals surface area contributed by atoms with Gasteiger partial charge in [0, 0.05) is 18.0 Å². The van der Waals surface area contributed by atoms with E-state index < -0.39 is 5.82 Å². The Bertz CT molecular complexity index is 917. The number of hydrogen-bond acceptors (Lipinski definition) is 4. The molecule has 0 aliphatic rings. The number of aromatic nitrogens is 2. The Balaban J connectivity index is 1.91. The summed E-state index contributed by atoms with van der Waals surface area (Å²) < 4.78 is 19.4. The fraction of sp³-hybridized carbons (Fsp3) is 0. The molecule has 0 radical (unpaired) electrons. The largest absolute Gasteiger partial charge is 0.424 e. The summed E-state index contributed by atoms with van der Waals surface area (Å²) in [6, 6.07) is 17.2. The molecule has 0 N–H and O–H groups in total. The summed E-state index contributed by atoms with van der Waals surface area (Å²) >= 11 is 0. The first-order valence-corrected chi connectivity index (χ1v) is 7.18. The van der Waals surface area contributed by atoms with E-state index in [0.717, 1.165) is 0 Å². The second kappa shape index (κ2) is 7.16. The molecule has 0 aliphatic carbocycles. The number of rotatable bonds is 4. The highest BCUT2D eigenvalue weighted by Gasteiger charge is 2.07. The summed E-state index contributed by atoms with van der Waals surface area (Å²) in [4.78, 5) is 7.98. The lowest BCUT2D eigenvalue weighted by molar-refractivity contribution is 0.441. The van der Waals surface area contributed by atoms with E-state index in [1.165, 1.54) is 6.07 Å². The molecular formula is C19H12FN3O. The van der Waals surface area contributed by atoms with E-state index in [1.54, 1.807) is 67.0 Å². The maximum absolute atomic E-state index is 13.9. The van der Waals surface area contributed by atoms with Crippen molar-refractivity contribution in [3.8, 4) is 17.8 Å². The molecule has 0 bridgehead atoms. The number of hydrogen-bond donors (Lipinski definition) is 0. The molecule has 1 heterocycles. The fourth-order valence-corrected chi connectivity index (χ4v) is 2.13. The third-order valence-corrected chi connectivity index (χ3v) is 3.20. The summed E-state index contributed by atoms with van der Waals surface area (Å²) in [6.07, 6.45) is 4.77. The van der Waals surface area contributed by atoms with E-state index in [-0.39, 0.29) is 17.1 Å². The number of ether oxygens (including phenoxy) is 1. The Morgan fingerprint density at radius 2 is 1.83 bits per heavy atom. The highest BCUT2D eigenvalue weighted by atomic mass is 19.1. The number of nitrogens with zero attached hydrogens (tertiary/aromatic N) is 3. The van der Waals surface area contributed by atoms with Crippen molar-refractivity contribution in [2.24, 2.45) is 0 Å². The van der Waals surface area contributed by atoms with Gasteiger partial charge in [-0.15, -0.1) is 0 Å². The van der Waals surface area contributed by atoms with E-state index in [0.29, 0.717) is 11.3 Å². The van der Waals surface area contributed by atoms with Crippen LogP contribution in [0.1, 0.15) is 11.1 Å². The van der Waals surface area contributed by atoms with Crippen molar-refractivity contribution in [2.45, 2.75) is 0 Å². The Hall–Kier alpha value is -3.52. The van der Waals surface area contributed by atoms with Gasteiger partial charge in [0.25, 0.3) is 0 Å². The number of benzene rings is 2. The second-order valence-corrected chi connectivity index (χ2v) is 4.86. The highest BCUT2D eigenvalue weighted by molar-refractivity contribution is 5.89. The molecule has 3 rings (SSSR count). The molecule has 24 heavy (non-hydrogen) atoms. The van der Waals surface area contributed by atoms with Crippen LogP contribution in [0.3, 0.4) is 0 Å². The fourth-order valence-electron chi connectivity index (χ4n) is 2.13. The van der Waals surface area contributed by atoms with E-state index >= 15 is 0 Å². The minimum atomic E-state index is -0.435. The van der Waals surface area contributed by atoms with Crippen molar-refractivity contribution in [3.05, 3.63) is 83.9 Å². The monoisotopic (exact) mass is 317 g/mol. The topological polar surface area (TPSA) is 58.8 Å². The molecule has 0 unspecified atom stereocenters. The van der Waals surface area contributed by atoms with Crippen molar-refractivity contribution in [3.63, 3.8) is 0 Å². The van der Waals surface area contributed by atoms with Crippen LogP contribution in [0.15, 0.2) is 67.0 Å². The van der Waals surface area contributed by atoms with Gasteiger partial charge in [-0.1, -0.05) is 30.3 Å².